The Morgan fingerprint density at radius 2 is 1.96 bits per heavy atom. The fraction of sp³-hybridized carbons (Fsp3) is 0.105. The smallest absolute Gasteiger partial charge is 0.270 e. The van der Waals surface area contributed by atoms with E-state index in [2.05, 4.69) is 4.98 Å². The van der Waals surface area contributed by atoms with E-state index in [1.165, 1.54) is 11.3 Å². The van der Waals surface area contributed by atoms with E-state index < -0.39 is 0 Å². The first-order valence-corrected chi connectivity index (χ1v) is 9.49. The minimum atomic E-state index is -0.199. The molecule has 0 fully saturated rings. The molecule has 2 aromatic carbocycles. The highest BCUT2D eigenvalue weighted by Crippen LogP contribution is 2.35. The third-order valence-electron chi connectivity index (χ3n) is 4.35. The molecule has 1 N–H and O–H groups in total. The number of aromatic nitrogens is 3. The first-order chi connectivity index (χ1) is 13.2. The van der Waals surface area contributed by atoms with Gasteiger partial charge in [0.25, 0.3) is 5.56 Å². The lowest BCUT2D eigenvalue weighted by molar-refractivity contribution is 0.174. The van der Waals surface area contributed by atoms with Crippen molar-refractivity contribution in [1.29, 1.82) is 0 Å². The van der Waals surface area contributed by atoms with Gasteiger partial charge >= 0.3 is 0 Å². The Morgan fingerprint density at radius 1 is 1.15 bits per heavy atom. The molecule has 5 rings (SSSR count). The lowest BCUT2D eigenvalue weighted by Gasteiger charge is -2.06. The number of benzene rings is 2. The van der Waals surface area contributed by atoms with Crippen LogP contribution in [0, 0.1) is 3.95 Å². The van der Waals surface area contributed by atoms with Crippen molar-refractivity contribution >= 4 is 33.9 Å². The molecule has 134 valence electrons. The van der Waals surface area contributed by atoms with Gasteiger partial charge in [0, 0.05) is 5.56 Å². The monoisotopic (exact) mass is 395 g/mol. The van der Waals surface area contributed by atoms with Crippen molar-refractivity contribution < 1.29 is 9.47 Å². The number of H-pyrrole nitrogens is 1. The lowest BCUT2D eigenvalue weighted by Crippen LogP contribution is -2.10. The number of rotatable bonds is 3. The summed E-state index contributed by atoms with van der Waals surface area (Å²) < 4.78 is 13.8. The maximum absolute atomic E-state index is 12.6. The number of ether oxygens (including phenoxy) is 2. The van der Waals surface area contributed by atoms with Crippen molar-refractivity contribution in [2.75, 3.05) is 6.79 Å². The highest BCUT2D eigenvalue weighted by Gasteiger charge is 2.17. The van der Waals surface area contributed by atoms with Gasteiger partial charge in [-0.2, -0.15) is 0 Å². The SMILES string of the molecule is O=c1[nH]c(-c2ccc3c(c2)OCO3)nc2c1sc(=S)n2Cc1ccccc1. The molecule has 0 saturated heterocycles. The number of hydrogen-bond donors (Lipinski definition) is 1. The first-order valence-electron chi connectivity index (χ1n) is 8.27. The first kappa shape index (κ1) is 16.2. The van der Waals surface area contributed by atoms with Crippen molar-refractivity contribution in [2.24, 2.45) is 0 Å². The van der Waals surface area contributed by atoms with Crippen LogP contribution in [0.3, 0.4) is 0 Å². The molecule has 0 saturated carbocycles. The van der Waals surface area contributed by atoms with Gasteiger partial charge in [-0.15, -0.1) is 0 Å². The number of nitrogens with zero attached hydrogens (tertiary/aromatic N) is 2. The molecule has 0 bridgehead atoms. The lowest BCUT2D eigenvalue weighted by atomic mass is 10.2. The number of hydrogen-bond acceptors (Lipinski definition) is 6. The predicted octanol–water partition coefficient (Wildman–Crippen LogP) is 3.96. The molecule has 0 atom stereocenters. The van der Waals surface area contributed by atoms with Crippen molar-refractivity contribution in [1.82, 2.24) is 14.5 Å². The number of nitrogens with one attached hydrogen (secondary N) is 1. The molecule has 27 heavy (non-hydrogen) atoms. The third kappa shape index (κ3) is 2.83. The summed E-state index contributed by atoms with van der Waals surface area (Å²) in [5.74, 6) is 1.80. The molecular formula is C19H13N3O3S2. The van der Waals surface area contributed by atoms with E-state index in [4.69, 9.17) is 26.7 Å². The van der Waals surface area contributed by atoms with Crippen LogP contribution in [0.15, 0.2) is 53.3 Å². The zero-order valence-corrected chi connectivity index (χ0v) is 15.6. The van der Waals surface area contributed by atoms with Gasteiger partial charge in [0.2, 0.25) is 6.79 Å². The summed E-state index contributed by atoms with van der Waals surface area (Å²) in [7, 11) is 0. The van der Waals surface area contributed by atoms with Gasteiger partial charge < -0.3 is 19.0 Å². The Labute approximate surface area is 162 Å². The second-order valence-corrected chi connectivity index (χ2v) is 7.72. The maximum Gasteiger partial charge on any atom is 0.270 e. The van der Waals surface area contributed by atoms with E-state index in [1.54, 1.807) is 0 Å². The van der Waals surface area contributed by atoms with E-state index >= 15 is 0 Å². The summed E-state index contributed by atoms with van der Waals surface area (Å²) in [6.45, 7) is 0.763. The molecule has 0 spiro atoms. The molecule has 0 unspecified atom stereocenters. The van der Waals surface area contributed by atoms with Gasteiger partial charge in [0.1, 0.15) is 10.5 Å². The van der Waals surface area contributed by atoms with Gasteiger partial charge in [-0.25, -0.2) is 4.98 Å². The van der Waals surface area contributed by atoms with Crippen molar-refractivity contribution in [2.45, 2.75) is 6.54 Å². The fourth-order valence-electron chi connectivity index (χ4n) is 3.04. The zero-order chi connectivity index (χ0) is 18.4. The molecule has 0 radical (unpaired) electrons. The molecular weight excluding hydrogens is 382 g/mol. The highest BCUT2D eigenvalue weighted by atomic mass is 32.1. The molecule has 6 nitrogen and oxygen atoms in total. The summed E-state index contributed by atoms with van der Waals surface area (Å²) in [4.78, 5) is 20.2. The van der Waals surface area contributed by atoms with Crippen LogP contribution >= 0.6 is 23.6 Å². The van der Waals surface area contributed by atoms with Crippen LogP contribution in [0.4, 0.5) is 0 Å². The standard InChI is InChI=1S/C19H13N3O3S2/c23-18-15-17(22(19(26)27-15)9-11-4-2-1-3-5-11)20-16(21-18)12-6-7-13-14(8-12)25-10-24-13/h1-8H,9-10H2,(H,20,21,23). The molecule has 3 heterocycles. The number of thiazole rings is 1. The van der Waals surface area contributed by atoms with Crippen LogP contribution in [0.2, 0.25) is 0 Å². The van der Waals surface area contributed by atoms with Crippen LogP contribution in [0.1, 0.15) is 5.56 Å². The van der Waals surface area contributed by atoms with Crippen molar-refractivity contribution in [3.63, 3.8) is 0 Å². The predicted molar refractivity (Wildman–Crippen MR) is 106 cm³/mol. The second-order valence-electron chi connectivity index (χ2n) is 6.08. The Bertz CT molecular complexity index is 1280. The van der Waals surface area contributed by atoms with E-state index in [1.807, 2.05) is 53.1 Å². The van der Waals surface area contributed by atoms with Crippen LogP contribution in [-0.4, -0.2) is 21.3 Å². The van der Waals surface area contributed by atoms with Gasteiger partial charge in [-0.1, -0.05) is 41.7 Å². The molecule has 1 aliphatic rings. The highest BCUT2D eigenvalue weighted by molar-refractivity contribution is 7.73. The number of aromatic amines is 1. The maximum atomic E-state index is 12.6. The summed E-state index contributed by atoms with van der Waals surface area (Å²) in [6, 6.07) is 15.4. The Kier molecular flexibility index (Phi) is 3.80. The van der Waals surface area contributed by atoms with Gasteiger partial charge in [0.15, 0.2) is 21.1 Å². The average molecular weight is 395 g/mol. The summed E-state index contributed by atoms with van der Waals surface area (Å²) in [6.07, 6.45) is 0. The molecule has 0 aliphatic carbocycles. The largest absolute Gasteiger partial charge is 0.454 e. The quantitative estimate of drug-likeness (QED) is 0.532. The van der Waals surface area contributed by atoms with Crippen molar-refractivity contribution in [3.05, 3.63) is 68.4 Å². The summed E-state index contributed by atoms with van der Waals surface area (Å²) >= 11 is 6.76. The average Bonchev–Trinajstić information content (AvgIpc) is 3.27. The van der Waals surface area contributed by atoms with Crippen LogP contribution in [0.25, 0.3) is 21.7 Å². The van der Waals surface area contributed by atoms with Crippen molar-refractivity contribution in [3.8, 4) is 22.9 Å². The zero-order valence-electron chi connectivity index (χ0n) is 14.0. The number of fused-ring (bicyclic) bond motifs is 2. The molecule has 1 aliphatic heterocycles. The molecule has 4 aromatic rings. The fourth-order valence-corrected chi connectivity index (χ4v) is 4.27. The Hall–Kier alpha value is -2.97. The van der Waals surface area contributed by atoms with E-state index in [0.29, 0.717) is 38.2 Å². The Balaban J connectivity index is 1.66. The minimum Gasteiger partial charge on any atom is -0.454 e. The van der Waals surface area contributed by atoms with Crippen LogP contribution in [-0.2, 0) is 6.54 Å². The van der Waals surface area contributed by atoms with Gasteiger partial charge in [-0.05, 0) is 36.0 Å². The van der Waals surface area contributed by atoms with Crippen LogP contribution in [0.5, 0.6) is 11.5 Å². The van der Waals surface area contributed by atoms with Crippen LogP contribution < -0.4 is 15.0 Å². The third-order valence-corrected chi connectivity index (χ3v) is 5.79. The van der Waals surface area contributed by atoms with Gasteiger partial charge in [0.05, 0.1) is 6.54 Å². The summed E-state index contributed by atoms with van der Waals surface area (Å²) in [5.41, 5.74) is 2.24. The normalized spacial score (nSPS) is 12.6. The van der Waals surface area contributed by atoms with E-state index in [0.717, 1.165) is 11.1 Å². The minimum absolute atomic E-state index is 0.197. The van der Waals surface area contributed by atoms with Gasteiger partial charge in [-0.3, -0.25) is 4.79 Å². The topological polar surface area (TPSA) is 69.1 Å². The molecule has 2 aromatic heterocycles. The Morgan fingerprint density at radius 3 is 2.81 bits per heavy atom. The summed E-state index contributed by atoms with van der Waals surface area (Å²) in [5, 5.41) is 0. The molecule has 0 amide bonds. The van der Waals surface area contributed by atoms with E-state index in [9.17, 15) is 4.79 Å². The molecule has 8 heteroatoms. The van der Waals surface area contributed by atoms with E-state index in [-0.39, 0.29) is 12.4 Å². The second kappa shape index (κ2) is 6.33.